The fourth-order valence-electron chi connectivity index (χ4n) is 0.737. The molecule has 0 fully saturated rings. The van der Waals surface area contributed by atoms with Crippen molar-refractivity contribution in [3.05, 3.63) is 10.6 Å². The van der Waals surface area contributed by atoms with Crippen molar-refractivity contribution in [3.8, 4) is 0 Å². The normalized spacial score (nSPS) is 9.17. The number of hydrogen-bond donors (Lipinski definition) is 1. The van der Waals surface area contributed by atoms with Crippen molar-refractivity contribution in [1.82, 2.24) is 4.98 Å². The van der Waals surface area contributed by atoms with Gasteiger partial charge in [-0.15, -0.1) is 17.0 Å². The van der Waals surface area contributed by atoms with Crippen LogP contribution in [-0.4, -0.2) is 16.1 Å². The van der Waals surface area contributed by atoms with Crippen LogP contribution in [0.3, 0.4) is 0 Å². The standard InChI is InChI=1S/C6H7BrN2OS.BrH/c1-3-5(4(10)2-7)11-6(8)9-3;/h2H2,1H3,(H2,8,9);1H. The first-order valence-electron chi connectivity index (χ1n) is 2.97. The van der Waals surface area contributed by atoms with Gasteiger partial charge in [-0.2, -0.15) is 0 Å². The lowest BCUT2D eigenvalue weighted by molar-refractivity contribution is 0.102. The molecule has 0 aliphatic rings. The summed E-state index contributed by atoms with van der Waals surface area (Å²) in [6.45, 7) is 1.78. The van der Waals surface area contributed by atoms with Crippen LogP contribution in [-0.2, 0) is 0 Å². The molecule has 1 heterocycles. The highest BCUT2D eigenvalue weighted by atomic mass is 79.9. The van der Waals surface area contributed by atoms with E-state index in [1.54, 1.807) is 6.92 Å². The number of nitrogens with zero attached hydrogens (tertiary/aromatic N) is 1. The number of carbonyl (C=O) groups excluding carboxylic acids is 1. The lowest BCUT2D eigenvalue weighted by atomic mass is 10.3. The van der Waals surface area contributed by atoms with Gasteiger partial charge in [-0.3, -0.25) is 4.79 Å². The summed E-state index contributed by atoms with van der Waals surface area (Å²) in [5, 5.41) is 0.780. The number of halogens is 2. The van der Waals surface area contributed by atoms with E-state index < -0.39 is 0 Å². The molecule has 0 atom stereocenters. The molecule has 68 valence electrons. The van der Waals surface area contributed by atoms with Crippen LogP contribution in [0.1, 0.15) is 15.4 Å². The summed E-state index contributed by atoms with van der Waals surface area (Å²) >= 11 is 4.32. The zero-order valence-corrected chi connectivity index (χ0v) is 10.4. The van der Waals surface area contributed by atoms with Gasteiger partial charge in [0.25, 0.3) is 0 Å². The SMILES string of the molecule is Br.Cc1nc(N)sc1C(=O)CBr. The second kappa shape index (κ2) is 4.94. The van der Waals surface area contributed by atoms with E-state index in [0.29, 0.717) is 15.3 Å². The number of rotatable bonds is 2. The van der Waals surface area contributed by atoms with Gasteiger partial charge in [0.15, 0.2) is 10.9 Å². The minimum Gasteiger partial charge on any atom is -0.375 e. The Morgan fingerprint density at radius 1 is 1.75 bits per heavy atom. The van der Waals surface area contributed by atoms with Crippen LogP contribution >= 0.6 is 44.2 Å². The van der Waals surface area contributed by atoms with Gasteiger partial charge in [-0.1, -0.05) is 27.3 Å². The molecule has 3 nitrogen and oxygen atoms in total. The van der Waals surface area contributed by atoms with Gasteiger partial charge < -0.3 is 5.73 Å². The van der Waals surface area contributed by atoms with Crippen LogP contribution in [0.5, 0.6) is 0 Å². The van der Waals surface area contributed by atoms with Gasteiger partial charge in [0.05, 0.1) is 15.9 Å². The van der Waals surface area contributed by atoms with E-state index in [4.69, 9.17) is 5.73 Å². The number of aryl methyl sites for hydroxylation is 1. The molecule has 0 bridgehead atoms. The monoisotopic (exact) mass is 314 g/mol. The largest absolute Gasteiger partial charge is 0.375 e. The van der Waals surface area contributed by atoms with Crippen molar-refractivity contribution in [2.24, 2.45) is 0 Å². The minimum atomic E-state index is 0. The van der Waals surface area contributed by atoms with E-state index in [0.717, 1.165) is 5.69 Å². The first-order valence-corrected chi connectivity index (χ1v) is 4.91. The number of nitrogens with two attached hydrogens (primary N) is 1. The van der Waals surface area contributed by atoms with Crippen molar-refractivity contribution in [2.75, 3.05) is 11.1 Å². The van der Waals surface area contributed by atoms with Crippen LogP contribution in [0.4, 0.5) is 5.13 Å². The summed E-state index contributed by atoms with van der Waals surface area (Å²) in [5.74, 6) is 0.0386. The van der Waals surface area contributed by atoms with Gasteiger partial charge in [-0.25, -0.2) is 4.98 Å². The lowest BCUT2D eigenvalue weighted by Gasteiger charge is -1.89. The summed E-state index contributed by atoms with van der Waals surface area (Å²) in [5.41, 5.74) is 6.13. The summed E-state index contributed by atoms with van der Waals surface area (Å²) in [6, 6.07) is 0. The first kappa shape index (κ1) is 12.1. The second-order valence-electron chi connectivity index (χ2n) is 2.02. The highest BCUT2D eigenvalue weighted by Gasteiger charge is 2.11. The highest BCUT2D eigenvalue weighted by Crippen LogP contribution is 2.20. The molecular weight excluding hydrogens is 308 g/mol. The van der Waals surface area contributed by atoms with Crippen LogP contribution < -0.4 is 5.73 Å². The van der Waals surface area contributed by atoms with Crippen LogP contribution in [0.2, 0.25) is 0 Å². The Morgan fingerprint density at radius 2 is 2.33 bits per heavy atom. The average Bonchev–Trinajstić information content (AvgIpc) is 2.28. The average molecular weight is 316 g/mol. The Hall–Kier alpha value is 0.0600. The number of hydrogen-bond acceptors (Lipinski definition) is 4. The van der Waals surface area contributed by atoms with Crippen molar-refractivity contribution in [1.29, 1.82) is 0 Å². The molecule has 0 saturated heterocycles. The molecule has 6 heteroatoms. The van der Waals surface area contributed by atoms with Crippen molar-refractivity contribution in [3.63, 3.8) is 0 Å². The molecule has 0 radical (unpaired) electrons. The summed E-state index contributed by atoms with van der Waals surface area (Å²) < 4.78 is 0. The van der Waals surface area contributed by atoms with Crippen molar-refractivity contribution in [2.45, 2.75) is 6.92 Å². The topological polar surface area (TPSA) is 56.0 Å². The van der Waals surface area contributed by atoms with Crippen molar-refractivity contribution >= 4 is 55.2 Å². The second-order valence-corrected chi connectivity index (χ2v) is 3.61. The molecule has 1 aromatic rings. The Balaban J connectivity index is 0.00000121. The Morgan fingerprint density at radius 3 is 2.67 bits per heavy atom. The number of carbonyl (C=O) groups is 1. The van der Waals surface area contributed by atoms with E-state index in [1.165, 1.54) is 11.3 Å². The molecule has 0 saturated carbocycles. The molecule has 0 unspecified atom stereocenters. The van der Waals surface area contributed by atoms with Gasteiger partial charge >= 0.3 is 0 Å². The molecule has 0 aromatic carbocycles. The number of nitrogen functional groups attached to an aromatic ring is 1. The molecule has 12 heavy (non-hydrogen) atoms. The fraction of sp³-hybridized carbons (Fsp3) is 0.333. The predicted molar refractivity (Wildman–Crippen MR) is 59.7 cm³/mol. The zero-order valence-electron chi connectivity index (χ0n) is 6.33. The van der Waals surface area contributed by atoms with Crippen molar-refractivity contribution < 1.29 is 4.79 Å². The van der Waals surface area contributed by atoms with E-state index >= 15 is 0 Å². The molecule has 2 N–H and O–H groups in total. The minimum absolute atomic E-state index is 0. The fourth-order valence-corrected chi connectivity index (χ4v) is 1.97. The number of ketones is 1. The summed E-state index contributed by atoms with van der Waals surface area (Å²) in [6.07, 6.45) is 0. The Labute approximate surface area is 93.3 Å². The number of Topliss-reactive ketones (excluding diaryl/α,β-unsaturated/α-hetero) is 1. The molecule has 0 aliphatic heterocycles. The smallest absolute Gasteiger partial charge is 0.185 e. The summed E-state index contributed by atoms with van der Waals surface area (Å²) in [7, 11) is 0. The van der Waals surface area contributed by atoms with Crippen LogP contribution in [0.15, 0.2) is 0 Å². The number of alkyl halides is 1. The van der Waals surface area contributed by atoms with E-state index in [2.05, 4.69) is 20.9 Å². The van der Waals surface area contributed by atoms with Gasteiger partial charge in [0.2, 0.25) is 0 Å². The number of anilines is 1. The highest BCUT2D eigenvalue weighted by molar-refractivity contribution is 9.09. The molecule has 0 spiro atoms. The third-order valence-corrected chi connectivity index (χ3v) is 2.72. The Bertz CT molecular complexity index is 287. The first-order chi connectivity index (χ1) is 5.15. The van der Waals surface area contributed by atoms with E-state index in [9.17, 15) is 4.79 Å². The zero-order chi connectivity index (χ0) is 8.43. The third kappa shape index (κ3) is 2.53. The predicted octanol–water partition coefficient (Wildman–Crippen LogP) is 2.19. The molecule has 0 amide bonds. The quantitative estimate of drug-likeness (QED) is 0.672. The molecule has 0 aliphatic carbocycles. The van der Waals surface area contributed by atoms with Gasteiger partial charge in [0, 0.05) is 0 Å². The Kier molecular flexibility index (Phi) is 4.96. The maximum absolute atomic E-state index is 11.1. The van der Waals surface area contributed by atoms with Gasteiger partial charge in [-0.05, 0) is 6.92 Å². The number of aromatic nitrogens is 1. The summed E-state index contributed by atoms with van der Waals surface area (Å²) in [4.78, 5) is 15.7. The van der Waals surface area contributed by atoms with Crippen LogP contribution in [0, 0.1) is 6.92 Å². The van der Waals surface area contributed by atoms with Crippen LogP contribution in [0.25, 0.3) is 0 Å². The molecule has 1 aromatic heterocycles. The van der Waals surface area contributed by atoms with E-state index in [-0.39, 0.29) is 22.8 Å². The van der Waals surface area contributed by atoms with Gasteiger partial charge in [0.1, 0.15) is 0 Å². The third-order valence-electron chi connectivity index (χ3n) is 1.19. The lowest BCUT2D eigenvalue weighted by Crippen LogP contribution is -1.98. The maximum Gasteiger partial charge on any atom is 0.185 e. The maximum atomic E-state index is 11.1. The number of thiazole rings is 1. The van der Waals surface area contributed by atoms with E-state index in [1.807, 2.05) is 0 Å². The molecule has 1 rings (SSSR count). The molecular formula is C6H8Br2N2OS.